The fourth-order valence-electron chi connectivity index (χ4n) is 3.74. The number of carbonyl (C=O) groups excluding carboxylic acids is 1. The van der Waals surface area contributed by atoms with Gasteiger partial charge < -0.3 is 9.84 Å². The van der Waals surface area contributed by atoms with Gasteiger partial charge in [0.1, 0.15) is 11.8 Å². The van der Waals surface area contributed by atoms with Gasteiger partial charge in [-0.3, -0.25) is 9.36 Å². The molecule has 1 atom stereocenters. The minimum absolute atomic E-state index is 0.0952. The standard InChI is InChI=1S/C24H20Cl2N2O4S/c1-3-32-23(31)20-13(2)27-24-28(21(20)16-6-4-5-7-17(16)26)22(30)19(33-24)11-8-14-12-15(25)9-10-18(14)29/h4-7,9-12,21,29H,3,8H2,1-2H3/b19-11-/t21-/m1/s1. The van der Waals surface area contributed by atoms with Gasteiger partial charge in [0.25, 0.3) is 5.56 Å². The van der Waals surface area contributed by atoms with E-state index in [0.717, 1.165) is 0 Å². The summed E-state index contributed by atoms with van der Waals surface area (Å²) in [6, 6.07) is 11.1. The van der Waals surface area contributed by atoms with Crippen molar-refractivity contribution in [1.82, 2.24) is 4.57 Å². The van der Waals surface area contributed by atoms with Gasteiger partial charge in [-0.15, -0.1) is 0 Å². The number of allylic oxidation sites excluding steroid dienone is 1. The van der Waals surface area contributed by atoms with Crippen LogP contribution in [0.5, 0.6) is 5.75 Å². The minimum atomic E-state index is -0.768. The predicted molar refractivity (Wildman–Crippen MR) is 130 cm³/mol. The van der Waals surface area contributed by atoms with Crippen LogP contribution in [0, 0.1) is 0 Å². The van der Waals surface area contributed by atoms with Gasteiger partial charge in [-0.25, -0.2) is 9.79 Å². The highest BCUT2D eigenvalue weighted by Gasteiger charge is 2.34. The van der Waals surface area contributed by atoms with Crippen molar-refractivity contribution < 1.29 is 14.6 Å². The fraction of sp³-hybridized carbons (Fsp3) is 0.208. The number of fused-ring (bicyclic) bond motifs is 1. The number of carbonyl (C=O) groups is 1. The molecule has 1 N–H and O–H groups in total. The van der Waals surface area contributed by atoms with E-state index in [1.54, 1.807) is 56.3 Å². The van der Waals surface area contributed by atoms with E-state index in [0.29, 0.717) is 42.6 Å². The van der Waals surface area contributed by atoms with Crippen molar-refractivity contribution in [3.63, 3.8) is 0 Å². The van der Waals surface area contributed by atoms with Gasteiger partial charge in [-0.05, 0) is 55.7 Å². The number of nitrogens with zero attached hydrogens (tertiary/aromatic N) is 2. The van der Waals surface area contributed by atoms with Crippen LogP contribution in [0.25, 0.3) is 6.08 Å². The summed E-state index contributed by atoms with van der Waals surface area (Å²) in [4.78, 5) is 31.3. The number of rotatable bonds is 5. The smallest absolute Gasteiger partial charge is 0.338 e. The zero-order valence-electron chi connectivity index (χ0n) is 17.8. The first-order valence-corrected chi connectivity index (χ1v) is 11.8. The first-order chi connectivity index (χ1) is 15.8. The maximum atomic E-state index is 13.5. The maximum Gasteiger partial charge on any atom is 0.338 e. The molecule has 170 valence electrons. The second kappa shape index (κ2) is 9.55. The van der Waals surface area contributed by atoms with Gasteiger partial charge in [-0.2, -0.15) is 0 Å². The number of benzene rings is 2. The third-order valence-electron chi connectivity index (χ3n) is 5.27. The van der Waals surface area contributed by atoms with Gasteiger partial charge in [-0.1, -0.05) is 58.8 Å². The van der Waals surface area contributed by atoms with Crippen LogP contribution in [0.3, 0.4) is 0 Å². The lowest BCUT2D eigenvalue weighted by atomic mass is 9.96. The van der Waals surface area contributed by atoms with Crippen molar-refractivity contribution in [2.24, 2.45) is 4.99 Å². The molecular weight excluding hydrogens is 483 g/mol. The van der Waals surface area contributed by atoms with E-state index in [2.05, 4.69) is 4.99 Å². The number of esters is 1. The van der Waals surface area contributed by atoms with Crippen LogP contribution in [0.1, 0.15) is 31.0 Å². The Kier molecular flexibility index (Phi) is 6.74. The molecule has 0 fully saturated rings. The highest BCUT2D eigenvalue weighted by Crippen LogP contribution is 2.34. The summed E-state index contributed by atoms with van der Waals surface area (Å²) >= 11 is 13.7. The molecule has 0 amide bonds. The summed E-state index contributed by atoms with van der Waals surface area (Å²) in [5.74, 6) is -0.445. The Labute approximate surface area is 203 Å². The van der Waals surface area contributed by atoms with Crippen molar-refractivity contribution in [2.45, 2.75) is 26.3 Å². The predicted octanol–water partition coefficient (Wildman–Crippen LogP) is 4.01. The number of hydrogen-bond acceptors (Lipinski definition) is 6. The summed E-state index contributed by atoms with van der Waals surface area (Å²) in [5, 5.41) is 11.0. The first-order valence-electron chi connectivity index (χ1n) is 10.2. The van der Waals surface area contributed by atoms with Crippen LogP contribution in [0.2, 0.25) is 10.0 Å². The summed E-state index contributed by atoms with van der Waals surface area (Å²) in [7, 11) is 0. The molecule has 0 saturated carbocycles. The molecule has 6 nitrogen and oxygen atoms in total. The summed E-state index contributed by atoms with van der Waals surface area (Å²) < 4.78 is 7.19. The first kappa shape index (κ1) is 23.3. The third kappa shape index (κ3) is 4.49. The number of phenolic OH excluding ortho intramolecular Hbond substituents is 1. The lowest BCUT2D eigenvalue weighted by Gasteiger charge is -2.25. The fourth-order valence-corrected chi connectivity index (χ4v) is 5.19. The molecule has 3 aromatic rings. The third-order valence-corrected chi connectivity index (χ3v) is 6.88. The number of ether oxygens (including phenoxy) is 1. The van der Waals surface area contributed by atoms with E-state index in [4.69, 9.17) is 27.9 Å². The average Bonchev–Trinajstić information content (AvgIpc) is 3.09. The quantitative estimate of drug-likeness (QED) is 0.534. The average molecular weight is 503 g/mol. The van der Waals surface area contributed by atoms with Gasteiger partial charge >= 0.3 is 5.97 Å². The molecule has 0 radical (unpaired) electrons. The van der Waals surface area contributed by atoms with E-state index < -0.39 is 12.0 Å². The Morgan fingerprint density at radius 1 is 1.27 bits per heavy atom. The molecular formula is C24H20Cl2N2O4S. The van der Waals surface area contributed by atoms with Crippen LogP contribution in [0.4, 0.5) is 0 Å². The van der Waals surface area contributed by atoms with Crippen LogP contribution in [0.15, 0.2) is 63.5 Å². The Bertz CT molecular complexity index is 1460. The van der Waals surface area contributed by atoms with Crippen molar-refractivity contribution in [1.29, 1.82) is 0 Å². The largest absolute Gasteiger partial charge is 0.508 e. The van der Waals surface area contributed by atoms with Gasteiger partial charge in [0.2, 0.25) is 0 Å². The number of aromatic nitrogens is 1. The zero-order chi connectivity index (χ0) is 23.7. The Morgan fingerprint density at radius 2 is 2.03 bits per heavy atom. The molecule has 1 aliphatic heterocycles. The van der Waals surface area contributed by atoms with E-state index in [1.165, 1.54) is 22.0 Å². The van der Waals surface area contributed by atoms with E-state index >= 15 is 0 Å². The molecule has 2 heterocycles. The monoisotopic (exact) mass is 502 g/mol. The second-order valence-corrected chi connectivity index (χ2v) is 9.21. The van der Waals surface area contributed by atoms with Crippen LogP contribution in [-0.4, -0.2) is 22.2 Å². The molecule has 33 heavy (non-hydrogen) atoms. The topological polar surface area (TPSA) is 80.9 Å². The summed E-state index contributed by atoms with van der Waals surface area (Å²) in [5.41, 5.74) is 1.64. The SMILES string of the molecule is CCOC(=O)C1=C(C)N=c2s/c(=C\Cc3cc(Cl)ccc3O)c(=O)n2[C@@H]1c1ccccc1Cl. The van der Waals surface area contributed by atoms with Crippen molar-refractivity contribution in [2.75, 3.05) is 6.61 Å². The molecule has 9 heteroatoms. The summed E-state index contributed by atoms with van der Waals surface area (Å²) in [6.07, 6.45) is 2.03. The lowest BCUT2D eigenvalue weighted by molar-refractivity contribution is -0.139. The van der Waals surface area contributed by atoms with Crippen LogP contribution < -0.4 is 14.9 Å². The van der Waals surface area contributed by atoms with E-state index in [9.17, 15) is 14.7 Å². The molecule has 0 spiro atoms. The Balaban J connectivity index is 1.89. The molecule has 1 aromatic heterocycles. The van der Waals surface area contributed by atoms with Crippen molar-refractivity contribution >= 4 is 46.6 Å². The maximum absolute atomic E-state index is 13.5. The molecule has 0 aliphatic carbocycles. The molecule has 2 aromatic carbocycles. The minimum Gasteiger partial charge on any atom is -0.508 e. The number of thiazole rings is 1. The van der Waals surface area contributed by atoms with Crippen LogP contribution in [-0.2, 0) is 16.0 Å². The van der Waals surface area contributed by atoms with Gasteiger partial charge in [0, 0.05) is 10.0 Å². The molecule has 1 aliphatic rings. The Morgan fingerprint density at radius 3 is 2.76 bits per heavy atom. The number of phenols is 1. The van der Waals surface area contributed by atoms with E-state index in [-0.39, 0.29) is 23.5 Å². The molecule has 0 saturated heterocycles. The second-order valence-electron chi connectivity index (χ2n) is 7.36. The van der Waals surface area contributed by atoms with Gasteiger partial charge in [0.15, 0.2) is 4.80 Å². The molecule has 4 rings (SSSR count). The number of halogens is 2. The Hall–Kier alpha value is -2.87. The van der Waals surface area contributed by atoms with E-state index in [1.807, 2.05) is 0 Å². The summed E-state index contributed by atoms with van der Waals surface area (Å²) in [6.45, 7) is 3.63. The normalized spacial score (nSPS) is 15.9. The van der Waals surface area contributed by atoms with Crippen molar-refractivity contribution in [3.05, 3.63) is 94.6 Å². The molecule has 0 unspecified atom stereocenters. The zero-order valence-corrected chi connectivity index (χ0v) is 20.2. The number of hydrogen-bond donors (Lipinski definition) is 1. The highest BCUT2D eigenvalue weighted by atomic mass is 35.5. The molecule has 0 bridgehead atoms. The lowest BCUT2D eigenvalue weighted by Crippen LogP contribution is -2.40. The van der Waals surface area contributed by atoms with Crippen molar-refractivity contribution in [3.8, 4) is 5.75 Å². The highest BCUT2D eigenvalue weighted by molar-refractivity contribution is 7.07. The van der Waals surface area contributed by atoms with Crippen LogP contribution >= 0.6 is 34.5 Å². The number of aromatic hydroxyl groups is 1. The van der Waals surface area contributed by atoms with Gasteiger partial charge in [0.05, 0.1) is 22.4 Å².